The van der Waals surface area contributed by atoms with Crippen LogP contribution in [0.25, 0.3) is 0 Å². The molecule has 0 spiro atoms. The van der Waals surface area contributed by atoms with Gasteiger partial charge in [0.05, 0.1) is 0 Å². The molecule has 0 saturated carbocycles. The summed E-state index contributed by atoms with van der Waals surface area (Å²) in [5.41, 5.74) is 7.24. The molecule has 1 atom stereocenters. The zero-order chi connectivity index (χ0) is 9.68. The van der Waals surface area contributed by atoms with Gasteiger partial charge in [0.15, 0.2) is 0 Å². The smallest absolute Gasteiger partial charge is 0.0307 e. The zero-order valence-corrected chi connectivity index (χ0v) is 9.63. The first-order valence-corrected chi connectivity index (χ1v) is 4.65. The van der Waals surface area contributed by atoms with Crippen molar-refractivity contribution in [1.82, 2.24) is 4.90 Å². The fraction of sp³-hybridized carbons (Fsp3) is 0.455. The molecule has 2 N–H and O–H groups in total. The molecule has 1 rings (SSSR count). The molecule has 80 valence electrons. The highest BCUT2D eigenvalue weighted by Gasteiger charge is 2.04. The molecule has 0 aromatic heterocycles. The van der Waals surface area contributed by atoms with Crippen molar-refractivity contribution in [2.45, 2.75) is 12.5 Å². The van der Waals surface area contributed by atoms with Crippen molar-refractivity contribution in [2.75, 3.05) is 20.6 Å². The van der Waals surface area contributed by atoms with Gasteiger partial charge in [-0.05, 0) is 32.6 Å². The van der Waals surface area contributed by atoms with E-state index in [1.807, 2.05) is 18.2 Å². The average Bonchev–Trinajstić information content (AvgIpc) is 2.15. The molecule has 0 radical (unpaired) electrons. The van der Waals surface area contributed by atoms with Gasteiger partial charge in [0.1, 0.15) is 0 Å². The van der Waals surface area contributed by atoms with E-state index in [1.54, 1.807) is 0 Å². The fourth-order valence-electron chi connectivity index (χ4n) is 1.26. The quantitative estimate of drug-likeness (QED) is 0.832. The van der Waals surface area contributed by atoms with Crippen LogP contribution in [0, 0.1) is 0 Å². The van der Waals surface area contributed by atoms with E-state index in [2.05, 4.69) is 31.1 Å². The highest BCUT2D eigenvalue weighted by atomic mass is 35.5. The van der Waals surface area contributed by atoms with Crippen LogP contribution in [0.2, 0.25) is 0 Å². The van der Waals surface area contributed by atoms with Crippen molar-refractivity contribution in [3.8, 4) is 0 Å². The van der Waals surface area contributed by atoms with Gasteiger partial charge in [0.25, 0.3) is 0 Å². The van der Waals surface area contributed by atoms with E-state index in [1.165, 1.54) is 5.56 Å². The Morgan fingerprint density at radius 3 is 2.29 bits per heavy atom. The SMILES string of the molecule is CN(C)CCC(N)c1ccccc1.Cl. The van der Waals surface area contributed by atoms with Gasteiger partial charge in [-0.15, -0.1) is 12.4 Å². The first-order chi connectivity index (χ1) is 6.20. The van der Waals surface area contributed by atoms with E-state index >= 15 is 0 Å². The van der Waals surface area contributed by atoms with Crippen molar-refractivity contribution in [2.24, 2.45) is 5.73 Å². The van der Waals surface area contributed by atoms with Gasteiger partial charge in [-0.1, -0.05) is 30.3 Å². The molecule has 0 amide bonds. The Balaban J connectivity index is 0.00000169. The number of rotatable bonds is 4. The summed E-state index contributed by atoms with van der Waals surface area (Å²) in [6, 6.07) is 10.4. The number of nitrogens with two attached hydrogens (primary N) is 1. The summed E-state index contributed by atoms with van der Waals surface area (Å²) in [5.74, 6) is 0. The Morgan fingerprint density at radius 1 is 1.21 bits per heavy atom. The van der Waals surface area contributed by atoms with Crippen molar-refractivity contribution in [3.05, 3.63) is 35.9 Å². The third-order valence-electron chi connectivity index (χ3n) is 2.12. The van der Waals surface area contributed by atoms with Crippen molar-refractivity contribution < 1.29 is 0 Å². The molecule has 1 aromatic carbocycles. The Labute approximate surface area is 92.5 Å². The van der Waals surface area contributed by atoms with E-state index < -0.39 is 0 Å². The van der Waals surface area contributed by atoms with Gasteiger partial charge in [-0.2, -0.15) is 0 Å². The second kappa shape index (κ2) is 6.82. The molecule has 0 aliphatic carbocycles. The first-order valence-electron chi connectivity index (χ1n) is 4.65. The second-order valence-corrected chi connectivity index (χ2v) is 3.61. The first kappa shape index (κ1) is 13.4. The van der Waals surface area contributed by atoms with E-state index in [4.69, 9.17) is 5.73 Å². The van der Waals surface area contributed by atoms with Crippen LogP contribution < -0.4 is 5.73 Å². The minimum atomic E-state index is 0. The number of nitrogens with zero attached hydrogens (tertiary/aromatic N) is 1. The van der Waals surface area contributed by atoms with Crippen LogP contribution in [0.15, 0.2) is 30.3 Å². The van der Waals surface area contributed by atoms with Crippen LogP contribution in [0.1, 0.15) is 18.0 Å². The third-order valence-corrected chi connectivity index (χ3v) is 2.12. The summed E-state index contributed by atoms with van der Waals surface area (Å²) >= 11 is 0. The summed E-state index contributed by atoms with van der Waals surface area (Å²) < 4.78 is 0. The van der Waals surface area contributed by atoms with E-state index in [0.717, 1.165) is 13.0 Å². The van der Waals surface area contributed by atoms with Gasteiger partial charge in [-0.25, -0.2) is 0 Å². The van der Waals surface area contributed by atoms with Crippen molar-refractivity contribution in [1.29, 1.82) is 0 Å². The Hall–Kier alpha value is -0.570. The molecule has 14 heavy (non-hydrogen) atoms. The lowest BCUT2D eigenvalue weighted by atomic mass is 10.1. The Bertz CT molecular complexity index is 236. The van der Waals surface area contributed by atoms with Crippen LogP contribution in [0.5, 0.6) is 0 Å². The second-order valence-electron chi connectivity index (χ2n) is 3.61. The number of hydrogen-bond acceptors (Lipinski definition) is 2. The lowest BCUT2D eigenvalue weighted by Crippen LogP contribution is -2.19. The molecule has 3 heteroatoms. The highest BCUT2D eigenvalue weighted by molar-refractivity contribution is 5.85. The van der Waals surface area contributed by atoms with Gasteiger partial charge in [0, 0.05) is 6.04 Å². The lowest BCUT2D eigenvalue weighted by Gasteiger charge is -2.15. The van der Waals surface area contributed by atoms with Gasteiger partial charge in [-0.3, -0.25) is 0 Å². The minimum Gasteiger partial charge on any atom is -0.324 e. The zero-order valence-electron chi connectivity index (χ0n) is 8.81. The molecule has 0 aliphatic rings. The van der Waals surface area contributed by atoms with Crippen LogP contribution in [-0.4, -0.2) is 25.5 Å². The maximum atomic E-state index is 6.02. The summed E-state index contributed by atoms with van der Waals surface area (Å²) in [6.07, 6.45) is 1.01. The van der Waals surface area contributed by atoms with E-state index in [0.29, 0.717) is 0 Å². The molecule has 0 fully saturated rings. The maximum Gasteiger partial charge on any atom is 0.0307 e. The fourth-order valence-corrected chi connectivity index (χ4v) is 1.26. The minimum absolute atomic E-state index is 0. The predicted octanol–water partition coefficient (Wildman–Crippen LogP) is 2.06. The van der Waals surface area contributed by atoms with Crippen LogP contribution in [0.4, 0.5) is 0 Å². The van der Waals surface area contributed by atoms with E-state index in [9.17, 15) is 0 Å². The largest absolute Gasteiger partial charge is 0.324 e. The normalized spacial score (nSPS) is 12.3. The summed E-state index contributed by atoms with van der Waals surface area (Å²) in [6.45, 7) is 1.04. The topological polar surface area (TPSA) is 29.3 Å². The number of benzene rings is 1. The van der Waals surface area contributed by atoms with E-state index in [-0.39, 0.29) is 18.4 Å². The molecule has 0 heterocycles. The average molecular weight is 215 g/mol. The van der Waals surface area contributed by atoms with Gasteiger partial charge < -0.3 is 10.6 Å². The van der Waals surface area contributed by atoms with Crippen LogP contribution in [-0.2, 0) is 0 Å². The van der Waals surface area contributed by atoms with Crippen LogP contribution >= 0.6 is 12.4 Å². The summed E-state index contributed by atoms with van der Waals surface area (Å²) in [4.78, 5) is 2.16. The maximum absolute atomic E-state index is 6.02. The predicted molar refractivity (Wildman–Crippen MR) is 63.8 cm³/mol. The van der Waals surface area contributed by atoms with Crippen LogP contribution in [0.3, 0.4) is 0 Å². The third kappa shape index (κ3) is 4.61. The number of hydrogen-bond donors (Lipinski definition) is 1. The lowest BCUT2D eigenvalue weighted by molar-refractivity contribution is 0.382. The van der Waals surface area contributed by atoms with Crippen molar-refractivity contribution >= 4 is 12.4 Å². The molecular formula is C11H19ClN2. The Kier molecular flexibility index (Phi) is 6.54. The summed E-state index contributed by atoms with van der Waals surface area (Å²) in [5, 5.41) is 0. The monoisotopic (exact) mass is 214 g/mol. The highest BCUT2D eigenvalue weighted by Crippen LogP contribution is 2.12. The summed E-state index contributed by atoms with van der Waals surface area (Å²) in [7, 11) is 4.13. The Morgan fingerprint density at radius 2 is 1.79 bits per heavy atom. The molecular weight excluding hydrogens is 196 g/mol. The molecule has 0 aliphatic heterocycles. The molecule has 0 saturated heterocycles. The van der Waals surface area contributed by atoms with Gasteiger partial charge >= 0.3 is 0 Å². The molecule has 2 nitrogen and oxygen atoms in total. The number of halogens is 1. The van der Waals surface area contributed by atoms with Crippen molar-refractivity contribution in [3.63, 3.8) is 0 Å². The molecule has 0 bridgehead atoms. The standard InChI is InChI=1S/C11H18N2.ClH/c1-13(2)9-8-11(12)10-6-4-3-5-7-10;/h3-7,11H,8-9,12H2,1-2H3;1H. The molecule has 1 unspecified atom stereocenters. The molecule has 1 aromatic rings. The van der Waals surface area contributed by atoms with Gasteiger partial charge in [0.2, 0.25) is 0 Å².